The van der Waals surface area contributed by atoms with Crippen LogP contribution in [0.5, 0.6) is 0 Å². The summed E-state index contributed by atoms with van der Waals surface area (Å²) in [4.78, 5) is 13.9. The van der Waals surface area contributed by atoms with Crippen LogP contribution < -0.4 is 5.32 Å². The average molecular weight is 226 g/mol. The van der Waals surface area contributed by atoms with E-state index in [1.807, 2.05) is 11.9 Å². The highest BCUT2D eigenvalue weighted by Gasteiger charge is 2.32. The Balaban J connectivity index is 2.39. The molecular weight excluding hydrogens is 200 g/mol. The van der Waals surface area contributed by atoms with Gasteiger partial charge in [-0.1, -0.05) is 26.7 Å². The first-order chi connectivity index (χ1) is 7.67. The minimum absolute atomic E-state index is 0.315. The van der Waals surface area contributed by atoms with E-state index in [2.05, 4.69) is 19.2 Å². The van der Waals surface area contributed by atoms with Gasteiger partial charge in [0.1, 0.15) is 0 Å². The standard InChI is InChI=1S/C13H26N2O/c1-4-13(5-2)7-10-15(11-8-13)12(16)6-9-14-3/h14H,4-11H2,1-3H3. The molecule has 0 aliphatic carbocycles. The van der Waals surface area contributed by atoms with Crippen LogP contribution in [0.2, 0.25) is 0 Å². The zero-order chi connectivity index (χ0) is 12.0. The summed E-state index contributed by atoms with van der Waals surface area (Å²) in [5, 5.41) is 3.03. The van der Waals surface area contributed by atoms with Crippen LogP contribution >= 0.6 is 0 Å². The Kier molecular flexibility index (Phi) is 5.26. The number of nitrogens with one attached hydrogen (secondary N) is 1. The summed E-state index contributed by atoms with van der Waals surface area (Å²) >= 11 is 0. The number of carbonyl (C=O) groups is 1. The fourth-order valence-corrected chi connectivity index (χ4v) is 2.58. The van der Waals surface area contributed by atoms with Crippen LogP contribution in [0.25, 0.3) is 0 Å². The van der Waals surface area contributed by atoms with Crippen LogP contribution in [0, 0.1) is 5.41 Å². The van der Waals surface area contributed by atoms with E-state index in [0.717, 1.165) is 19.6 Å². The van der Waals surface area contributed by atoms with Gasteiger partial charge in [-0.05, 0) is 25.3 Å². The first-order valence-electron chi connectivity index (χ1n) is 6.60. The molecule has 0 atom stereocenters. The van der Waals surface area contributed by atoms with Gasteiger partial charge in [0, 0.05) is 26.1 Å². The minimum atomic E-state index is 0.315. The minimum Gasteiger partial charge on any atom is -0.343 e. The predicted octanol–water partition coefficient (Wildman–Crippen LogP) is 2.02. The molecule has 3 heteroatoms. The van der Waals surface area contributed by atoms with Crippen molar-refractivity contribution in [1.29, 1.82) is 0 Å². The topological polar surface area (TPSA) is 32.3 Å². The van der Waals surface area contributed by atoms with Gasteiger partial charge in [0.2, 0.25) is 5.91 Å². The molecule has 0 unspecified atom stereocenters. The Morgan fingerprint density at radius 3 is 2.25 bits per heavy atom. The Labute approximate surface area is 99.6 Å². The van der Waals surface area contributed by atoms with Crippen LogP contribution in [0.3, 0.4) is 0 Å². The summed E-state index contributed by atoms with van der Waals surface area (Å²) in [7, 11) is 1.89. The first kappa shape index (κ1) is 13.5. The summed E-state index contributed by atoms with van der Waals surface area (Å²) in [5.41, 5.74) is 0.514. The van der Waals surface area contributed by atoms with Gasteiger partial charge in [0.15, 0.2) is 0 Å². The SMILES string of the molecule is CCC1(CC)CCN(C(=O)CCNC)CC1. The lowest BCUT2D eigenvalue weighted by atomic mass is 9.74. The number of amides is 1. The number of carbonyl (C=O) groups excluding carboxylic acids is 1. The molecule has 1 heterocycles. The molecule has 1 rings (SSSR count). The summed E-state index contributed by atoms with van der Waals surface area (Å²) in [6, 6.07) is 0. The zero-order valence-electron chi connectivity index (χ0n) is 11.0. The summed E-state index contributed by atoms with van der Waals surface area (Å²) < 4.78 is 0. The lowest BCUT2D eigenvalue weighted by Crippen LogP contribution is -2.43. The molecule has 1 aliphatic heterocycles. The van der Waals surface area contributed by atoms with E-state index >= 15 is 0 Å². The van der Waals surface area contributed by atoms with Gasteiger partial charge < -0.3 is 10.2 Å². The molecule has 0 aromatic heterocycles. The molecule has 3 nitrogen and oxygen atoms in total. The van der Waals surface area contributed by atoms with Crippen molar-refractivity contribution in [3.63, 3.8) is 0 Å². The maximum Gasteiger partial charge on any atom is 0.223 e. The molecule has 0 aromatic rings. The van der Waals surface area contributed by atoms with Gasteiger partial charge in [0.05, 0.1) is 0 Å². The Hall–Kier alpha value is -0.570. The van der Waals surface area contributed by atoms with Gasteiger partial charge in [0.25, 0.3) is 0 Å². The van der Waals surface area contributed by atoms with E-state index in [-0.39, 0.29) is 0 Å². The van der Waals surface area contributed by atoms with Gasteiger partial charge in [-0.25, -0.2) is 0 Å². The Bertz CT molecular complexity index is 214. The normalized spacial score (nSPS) is 19.8. The predicted molar refractivity (Wildman–Crippen MR) is 67.4 cm³/mol. The van der Waals surface area contributed by atoms with E-state index in [0.29, 0.717) is 17.7 Å². The van der Waals surface area contributed by atoms with Crippen molar-refractivity contribution in [3.05, 3.63) is 0 Å². The Morgan fingerprint density at radius 1 is 1.25 bits per heavy atom. The van der Waals surface area contributed by atoms with Crippen LogP contribution in [-0.2, 0) is 4.79 Å². The summed E-state index contributed by atoms with van der Waals surface area (Å²) in [6.45, 7) is 7.28. The Morgan fingerprint density at radius 2 is 1.81 bits per heavy atom. The lowest BCUT2D eigenvalue weighted by Gasteiger charge is -2.41. The van der Waals surface area contributed by atoms with Crippen LogP contribution in [-0.4, -0.2) is 37.5 Å². The fourth-order valence-electron chi connectivity index (χ4n) is 2.58. The molecule has 0 spiro atoms. The van der Waals surface area contributed by atoms with E-state index in [1.165, 1.54) is 25.7 Å². The molecule has 0 saturated carbocycles. The van der Waals surface area contributed by atoms with Crippen molar-refractivity contribution >= 4 is 5.91 Å². The molecular formula is C13H26N2O. The maximum atomic E-state index is 11.8. The van der Waals surface area contributed by atoms with Crippen molar-refractivity contribution in [2.24, 2.45) is 5.41 Å². The second kappa shape index (κ2) is 6.24. The highest BCUT2D eigenvalue weighted by Crippen LogP contribution is 2.37. The lowest BCUT2D eigenvalue weighted by molar-refractivity contribution is -0.133. The van der Waals surface area contributed by atoms with Crippen LogP contribution in [0.1, 0.15) is 46.0 Å². The molecule has 94 valence electrons. The summed E-state index contributed by atoms with van der Waals surface area (Å²) in [5.74, 6) is 0.315. The second-order valence-electron chi connectivity index (χ2n) is 4.94. The third kappa shape index (κ3) is 3.21. The number of likely N-dealkylation sites (tertiary alicyclic amines) is 1. The first-order valence-corrected chi connectivity index (χ1v) is 6.60. The van der Waals surface area contributed by atoms with Crippen molar-refractivity contribution in [3.8, 4) is 0 Å². The molecule has 1 amide bonds. The number of nitrogens with zero attached hydrogens (tertiary/aromatic N) is 1. The third-order valence-electron chi connectivity index (χ3n) is 4.27. The van der Waals surface area contributed by atoms with Gasteiger partial charge in [-0.2, -0.15) is 0 Å². The molecule has 1 fully saturated rings. The van der Waals surface area contributed by atoms with Crippen molar-refractivity contribution in [2.75, 3.05) is 26.7 Å². The number of hydrogen-bond donors (Lipinski definition) is 1. The zero-order valence-corrected chi connectivity index (χ0v) is 11.0. The molecule has 0 aromatic carbocycles. The quantitative estimate of drug-likeness (QED) is 0.778. The highest BCUT2D eigenvalue weighted by atomic mass is 16.2. The van der Waals surface area contributed by atoms with E-state index in [9.17, 15) is 4.79 Å². The fraction of sp³-hybridized carbons (Fsp3) is 0.923. The highest BCUT2D eigenvalue weighted by molar-refractivity contribution is 5.76. The molecule has 1 N–H and O–H groups in total. The van der Waals surface area contributed by atoms with Crippen molar-refractivity contribution in [2.45, 2.75) is 46.0 Å². The molecule has 0 bridgehead atoms. The number of piperidine rings is 1. The molecule has 1 aliphatic rings. The monoisotopic (exact) mass is 226 g/mol. The molecule has 16 heavy (non-hydrogen) atoms. The maximum absolute atomic E-state index is 11.8. The van der Waals surface area contributed by atoms with Crippen molar-refractivity contribution in [1.82, 2.24) is 10.2 Å². The smallest absolute Gasteiger partial charge is 0.223 e. The largest absolute Gasteiger partial charge is 0.343 e. The van der Waals surface area contributed by atoms with E-state index in [4.69, 9.17) is 0 Å². The van der Waals surface area contributed by atoms with E-state index < -0.39 is 0 Å². The van der Waals surface area contributed by atoms with Crippen molar-refractivity contribution < 1.29 is 4.79 Å². The van der Waals surface area contributed by atoms with Gasteiger partial charge >= 0.3 is 0 Å². The van der Waals surface area contributed by atoms with Gasteiger partial charge in [-0.3, -0.25) is 4.79 Å². The molecule has 1 saturated heterocycles. The van der Waals surface area contributed by atoms with Crippen LogP contribution in [0.4, 0.5) is 0 Å². The third-order valence-corrected chi connectivity index (χ3v) is 4.27. The number of rotatable bonds is 5. The average Bonchev–Trinajstić information content (AvgIpc) is 2.36. The summed E-state index contributed by atoms with van der Waals surface area (Å²) in [6.07, 6.45) is 5.52. The second-order valence-corrected chi connectivity index (χ2v) is 4.94. The number of hydrogen-bond acceptors (Lipinski definition) is 2. The van der Waals surface area contributed by atoms with E-state index in [1.54, 1.807) is 0 Å². The molecule has 0 radical (unpaired) electrons. The van der Waals surface area contributed by atoms with Gasteiger partial charge in [-0.15, -0.1) is 0 Å². The van der Waals surface area contributed by atoms with Crippen LogP contribution in [0.15, 0.2) is 0 Å².